The molecule has 4 N–H and O–H groups in total. The lowest BCUT2D eigenvalue weighted by Gasteiger charge is -2.15. The van der Waals surface area contributed by atoms with E-state index >= 15 is 0 Å². The minimum absolute atomic E-state index is 0.140. The molecule has 0 radical (unpaired) electrons. The molecule has 0 heterocycles. The highest BCUT2D eigenvalue weighted by atomic mass is 16.5. The fourth-order valence-electron chi connectivity index (χ4n) is 5.64. The predicted molar refractivity (Wildman–Crippen MR) is 227 cm³/mol. The number of esters is 1. The second-order valence-corrected chi connectivity index (χ2v) is 14.0. The summed E-state index contributed by atoms with van der Waals surface area (Å²) >= 11 is 0. The molecule has 0 fully saturated rings. The van der Waals surface area contributed by atoms with Crippen LogP contribution < -0.4 is 10.6 Å². The first kappa shape index (κ1) is 51.3. The van der Waals surface area contributed by atoms with Crippen LogP contribution in [0.5, 0.6) is 0 Å². The largest absolute Gasteiger partial charge is 0.480 e. The number of aliphatic hydroxyl groups excluding tert-OH is 1. The van der Waals surface area contributed by atoms with E-state index in [2.05, 4.69) is 91.3 Å². The fraction of sp³-hybridized carbons (Fsp3) is 0.652. The first-order chi connectivity index (χ1) is 26.8. The van der Waals surface area contributed by atoms with Gasteiger partial charge in [-0.15, -0.1) is 0 Å². The Hall–Kier alpha value is -3.72. The Bertz CT molecular complexity index is 1150. The smallest absolute Gasteiger partial charge is 0.328 e. The maximum Gasteiger partial charge on any atom is 0.328 e. The summed E-state index contributed by atoms with van der Waals surface area (Å²) in [6, 6.07) is -1.40. The Labute approximate surface area is 333 Å². The van der Waals surface area contributed by atoms with Crippen molar-refractivity contribution in [3.05, 3.63) is 72.9 Å². The second-order valence-electron chi connectivity index (χ2n) is 14.0. The van der Waals surface area contributed by atoms with Crippen LogP contribution in [-0.2, 0) is 23.9 Å². The molecule has 0 bridgehead atoms. The van der Waals surface area contributed by atoms with Crippen molar-refractivity contribution in [1.29, 1.82) is 0 Å². The van der Waals surface area contributed by atoms with Crippen LogP contribution in [0.4, 0.5) is 0 Å². The Morgan fingerprint density at radius 1 is 0.582 bits per heavy atom. The number of carboxylic acid groups (broad SMARTS) is 1. The van der Waals surface area contributed by atoms with Gasteiger partial charge in [0.25, 0.3) is 0 Å². The van der Waals surface area contributed by atoms with Gasteiger partial charge in [0, 0.05) is 12.8 Å². The summed E-state index contributed by atoms with van der Waals surface area (Å²) in [5.74, 6) is -2.44. The SMILES string of the molecule is CC/C=C\C/C=C\C/C=C\C/C=C\CCCCCCCCCCC(=O)OC(/C=C\C/C=C\CCCC)CCCCCCC(=O)NCC(=O)NC(CO)C(=O)O. The average Bonchev–Trinajstić information content (AvgIpc) is 3.17. The standard InChI is InChI=1S/C46H76N2O7/c1-3-5-7-9-11-12-13-14-15-16-17-18-19-20-21-22-23-24-26-28-34-38-45(52)55-41(35-31-27-25-10-8-6-4-2)36-32-29-30-33-37-43(50)47-39-44(51)48-42(40-49)46(53)54/h5,7,10-12,14-15,17-18,25,31,35,41-42,49H,3-4,6,8-9,13,16,19-24,26-30,32-34,36-40H2,1-2H3,(H,47,50)(H,48,51)(H,53,54)/b7-5-,12-11-,15-14-,18-17-,25-10-,35-31-. The van der Waals surface area contributed by atoms with Gasteiger partial charge < -0.3 is 25.6 Å². The fourth-order valence-corrected chi connectivity index (χ4v) is 5.64. The Morgan fingerprint density at radius 2 is 1.09 bits per heavy atom. The van der Waals surface area contributed by atoms with Gasteiger partial charge in [-0.25, -0.2) is 4.79 Å². The maximum absolute atomic E-state index is 12.7. The van der Waals surface area contributed by atoms with Crippen molar-refractivity contribution in [2.75, 3.05) is 13.2 Å². The molecule has 9 nitrogen and oxygen atoms in total. The van der Waals surface area contributed by atoms with E-state index in [0.29, 0.717) is 12.8 Å². The van der Waals surface area contributed by atoms with Crippen LogP contribution in [0.25, 0.3) is 0 Å². The summed E-state index contributed by atoms with van der Waals surface area (Å²) in [5, 5.41) is 22.5. The van der Waals surface area contributed by atoms with Crippen molar-refractivity contribution >= 4 is 23.8 Å². The van der Waals surface area contributed by atoms with Crippen molar-refractivity contribution in [3.63, 3.8) is 0 Å². The van der Waals surface area contributed by atoms with Gasteiger partial charge in [0.05, 0.1) is 13.2 Å². The molecule has 0 saturated carbocycles. The number of amides is 2. The molecule has 0 spiro atoms. The number of unbranched alkanes of at least 4 members (excludes halogenated alkanes) is 13. The number of hydrogen-bond acceptors (Lipinski definition) is 6. The van der Waals surface area contributed by atoms with Gasteiger partial charge in [0.15, 0.2) is 0 Å². The van der Waals surface area contributed by atoms with E-state index in [1.807, 2.05) is 6.08 Å². The number of carbonyl (C=O) groups is 4. The molecule has 0 aliphatic heterocycles. The van der Waals surface area contributed by atoms with E-state index in [0.717, 1.165) is 89.9 Å². The zero-order chi connectivity index (χ0) is 40.5. The number of carboxylic acids is 1. The van der Waals surface area contributed by atoms with Crippen LogP contribution in [0.3, 0.4) is 0 Å². The number of nitrogens with one attached hydrogen (secondary N) is 2. The van der Waals surface area contributed by atoms with Gasteiger partial charge in [0.2, 0.25) is 11.8 Å². The molecule has 0 aromatic heterocycles. The maximum atomic E-state index is 12.7. The Morgan fingerprint density at radius 3 is 1.67 bits per heavy atom. The summed E-state index contributed by atoms with van der Waals surface area (Å²) in [5.41, 5.74) is 0. The highest BCUT2D eigenvalue weighted by Gasteiger charge is 2.18. The van der Waals surface area contributed by atoms with Crippen LogP contribution in [0.1, 0.15) is 168 Å². The van der Waals surface area contributed by atoms with Crippen LogP contribution in [-0.4, -0.2) is 59.3 Å². The first-order valence-corrected chi connectivity index (χ1v) is 21.3. The van der Waals surface area contributed by atoms with E-state index in [9.17, 15) is 19.2 Å². The van der Waals surface area contributed by atoms with Crippen LogP contribution in [0, 0.1) is 0 Å². The van der Waals surface area contributed by atoms with Crippen LogP contribution in [0.15, 0.2) is 72.9 Å². The third-order valence-corrected chi connectivity index (χ3v) is 8.92. The minimum atomic E-state index is -1.40. The van der Waals surface area contributed by atoms with Gasteiger partial charge in [-0.3, -0.25) is 14.4 Å². The number of aliphatic carboxylic acids is 1. The van der Waals surface area contributed by atoms with E-state index in [1.54, 1.807) is 0 Å². The third-order valence-electron chi connectivity index (χ3n) is 8.92. The van der Waals surface area contributed by atoms with Gasteiger partial charge >= 0.3 is 11.9 Å². The number of aliphatic hydroxyl groups is 1. The predicted octanol–water partition coefficient (Wildman–Crippen LogP) is 10.3. The molecule has 0 aromatic rings. The van der Waals surface area contributed by atoms with E-state index in [-0.39, 0.29) is 30.9 Å². The highest BCUT2D eigenvalue weighted by molar-refractivity contribution is 5.87. The quantitative estimate of drug-likeness (QED) is 0.0280. The van der Waals surface area contributed by atoms with Gasteiger partial charge in [-0.1, -0.05) is 145 Å². The molecule has 2 atom stereocenters. The highest BCUT2D eigenvalue weighted by Crippen LogP contribution is 2.15. The number of rotatable bonds is 37. The van der Waals surface area contributed by atoms with Crippen molar-refractivity contribution in [1.82, 2.24) is 10.6 Å². The van der Waals surface area contributed by atoms with E-state index < -0.39 is 24.5 Å². The Balaban J connectivity index is 4.20. The monoisotopic (exact) mass is 769 g/mol. The summed E-state index contributed by atoms with van der Waals surface area (Å²) in [6.45, 7) is 3.27. The molecular weight excluding hydrogens is 693 g/mol. The molecule has 0 rings (SSSR count). The molecule has 0 saturated heterocycles. The lowest BCUT2D eigenvalue weighted by atomic mass is 10.1. The molecule has 0 aliphatic carbocycles. The Kier molecular flexibility index (Phi) is 37.3. The van der Waals surface area contributed by atoms with Crippen molar-refractivity contribution < 1.29 is 34.1 Å². The minimum Gasteiger partial charge on any atom is -0.480 e. The lowest BCUT2D eigenvalue weighted by molar-refractivity contribution is -0.147. The molecule has 0 aliphatic rings. The van der Waals surface area contributed by atoms with Crippen molar-refractivity contribution in [3.8, 4) is 0 Å². The summed E-state index contributed by atoms with van der Waals surface area (Å²) in [7, 11) is 0. The van der Waals surface area contributed by atoms with Crippen molar-refractivity contribution in [2.45, 2.75) is 180 Å². The van der Waals surface area contributed by atoms with Crippen LogP contribution >= 0.6 is 0 Å². The molecular formula is C46H76N2O7. The molecule has 9 heteroatoms. The van der Waals surface area contributed by atoms with Gasteiger partial charge in [-0.05, 0) is 83.1 Å². The average molecular weight is 769 g/mol. The first-order valence-electron chi connectivity index (χ1n) is 21.3. The van der Waals surface area contributed by atoms with E-state index in [1.165, 1.54) is 44.9 Å². The van der Waals surface area contributed by atoms with Crippen LogP contribution in [0.2, 0.25) is 0 Å². The topological polar surface area (TPSA) is 142 Å². The lowest BCUT2D eigenvalue weighted by Crippen LogP contribution is -2.47. The third kappa shape index (κ3) is 37.0. The molecule has 0 aromatic carbocycles. The second kappa shape index (κ2) is 40.0. The van der Waals surface area contributed by atoms with Gasteiger partial charge in [-0.2, -0.15) is 0 Å². The van der Waals surface area contributed by atoms with Crippen molar-refractivity contribution in [2.24, 2.45) is 0 Å². The summed E-state index contributed by atoms with van der Waals surface area (Å²) < 4.78 is 5.87. The normalized spacial score (nSPS) is 13.2. The molecule has 2 unspecified atom stereocenters. The number of hydrogen-bond donors (Lipinski definition) is 4. The number of ether oxygens (including phenoxy) is 1. The number of allylic oxidation sites excluding steroid dienone is 11. The summed E-state index contributed by atoms with van der Waals surface area (Å²) in [4.78, 5) is 47.5. The zero-order valence-corrected chi connectivity index (χ0v) is 34.4. The molecule has 2 amide bonds. The van der Waals surface area contributed by atoms with Gasteiger partial charge in [0.1, 0.15) is 12.1 Å². The van der Waals surface area contributed by atoms with E-state index in [4.69, 9.17) is 14.9 Å². The zero-order valence-electron chi connectivity index (χ0n) is 34.4. The number of carbonyl (C=O) groups excluding carboxylic acids is 3. The molecule has 55 heavy (non-hydrogen) atoms. The molecule has 312 valence electrons. The summed E-state index contributed by atoms with van der Waals surface area (Å²) in [6.07, 6.45) is 49.6.